The molecule has 0 atom stereocenters. The van der Waals surface area contributed by atoms with Crippen LogP contribution in [0.25, 0.3) is 11.2 Å². The second kappa shape index (κ2) is 7.03. The Hall–Kier alpha value is -2.71. The third-order valence-electron chi connectivity index (χ3n) is 5.18. The van der Waals surface area contributed by atoms with Crippen molar-refractivity contribution in [3.63, 3.8) is 0 Å². The quantitative estimate of drug-likeness (QED) is 0.657. The molecule has 28 heavy (non-hydrogen) atoms. The van der Waals surface area contributed by atoms with Crippen LogP contribution >= 0.6 is 0 Å². The minimum Gasteiger partial charge on any atom is -0.369 e. The summed E-state index contributed by atoms with van der Waals surface area (Å²) in [5.74, 6) is -1.81. The molecule has 1 saturated carbocycles. The number of anilines is 1. The second-order valence-electron chi connectivity index (χ2n) is 7.08. The normalized spacial score (nSPS) is 16.0. The number of halogens is 4. The lowest BCUT2D eigenvalue weighted by molar-refractivity contribution is -0.144. The minimum absolute atomic E-state index is 0.0102. The highest BCUT2D eigenvalue weighted by molar-refractivity contribution is 5.77. The molecule has 148 valence electrons. The van der Waals surface area contributed by atoms with E-state index in [1.54, 1.807) is 18.2 Å². The van der Waals surface area contributed by atoms with Gasteiger partial charge in [-0.3, -0.25) is 4.57 Å². The molecule has 1 fully saturated rings. The number of rotatable bonds is 3. The SMILES string of the molecule is Nc1nc2c(C3CCCCC3)nc(C(F)(F)F)nc2n1Cc1ccccc1F. The van der Waals surface area contributed by atoms with Crippen LogP contribution in [0.2, 0.25) is 0 Å². The molecule has 4 rings (SSSR count). The first kappa shape index (κ1) is 18.6. The van der Waals surface area contributed by atoms with Gasteiger partial charge in [0.15, 0.2) is 5.65 Å². The number of nitrogens with zero attached hydrogens (tertiary/aromatic N) is 4. The van der Waals surface area contributed by atoms with E-state index in [0.717, 1.165) is 32.1 Å². The zero-order chi connectivity index (χ0) is 19.9. The molecule has 1 aliphatic carbocycles. The Morgan fingerprint density at radius 1 is 1.04 bits per heavy atom. The van der Waals surface area contributed by atoms with E-state index in [1.807, 2.05) is 0 Å². The molecule has 0 spiro atoms. The lowest BCUT2D eigenvalue weighted by Gasteiger charge is -2.22. The molecule has 0 saturated heterocycles. The molecule has 1 aliphatic rings. The van der Waals surface area contributed by atoms with Crippen molar-refractivity contribution in [1.29, 1.82) is 0 Å². The number of benzene rings is 1. The van der Waals surface area contributed by atoms with E-state index in [9.17, 15) is 17.6 Å². The molecule has 5 nitrogen and oxygen atoms in total. The summed E-state index contributed by atoms with van der Waals surface area (Å²) in [5, 5.41) is 0. The number of nitrogen functional groups attached to an aromatic ring is 1. The summed E-state index contributed by atoms with van der Waals surface area (Å²) in [6, 6.07) is 6.03. The average molecular weight is 393 g/mol. The number of nitrogens with two attached hydrogens (primary N) is 1. The van der Waals surface area contributed by atoms with Gasteiger partial charge in [-0.25, -0.2) is 19.3 Å². The summed E-state index contributed by atoms with van der Waals surface area (Å²) >= 11 is 0. The van der Waals surface area contributed by atoms with E-state index >= 15 is 0 Å². The monoisotopic (exact) mass is 393 g/mol. The van der Waals surface area contributed by atoms with Gasteiger partial charge in [0.2, 0.25) is 11.8 Å². The Morgan fingerprint density at radius 3 is 2.43 bits per heavy atom. The van der Waals surface area contributed by atoms with Gasteiger partial charge in [-0.2, -0.15) is 13.2 Å². The van der Waals surface area contributed by atoms with Crippen molar-refractivity contribution >= 4 is 17.1 Å². The van der Waals surface area contributed by atoms with Crippen molar-refractivity contribution in [2.45, 2.75) is 50.7 Å². The van der Waals surface area contributed by atoms with Crippen LogP contribution < -0.4 is 5.73 Å². The van der Waals surface area contributed by atoms with Gasteiger partial charge in [0.1, 0.15) is 11.3 Å². The number of alkyl halides is 3. The molecule has 0 radical (unpaired) electrons. The molecule has 0 aliphatic heterocycles. The van der Waals surface area contributed by atoms with Crippen LogP contribution in [0.15, 0.2) is 24.3 Å². The Kier molecular flexibility index (Phi) is 4.68. The maximum absolute atomic E-state index is 14.1. The Bertz CT molecular complexity index is 1010. The summed E-state index contributed by atoms with van der Waals surface area (Å²) < 4.78 is 55.7. The third kappa shape index (κ3) is 3.41. The van der Waals surface area contributed by atoms with Gasteiger partial charge < -0.3 is 5.73 Å². The highest BCUT2D eigenvalue weighted by Crippen LogP contribution is 2.37. The molecule has 1 aromatic carbocycles. The number of hydrogen-bond donors (Lipinski definition) is 1. The van der Waals surface area contributed by atoms with E-state index in [1.165, 1.54) is 10.6 Å². The first-order valence-corrected chi connectivity index (χ1v) is 9.19. The fourth-order valence-electron chi connectivity index (χ4n) is 3.78. The smallest absolute Gasteiger partial charge is 0.369 e. The highest BCUT2D eigenvalue weighted by Gasteiger charge is 2.37. The number of aromatic nitrogens is 4. The van der Waals surface area contributed by atoms with Gasteiger partial charge in [-0.15, -0.1) is 0 Å². The summed E-state index contributed by atoms with van der Waals surface area (Å²) in [4.78, 5) is 11.8. The van der Waals surface area contributed by atoms with E-state index in [-0.39, 0.29) is 35.3 Å². The first-order valence-electron chi connectivity index (χ1n) is 9.19. The molecule has 0 bridgehead atoms. The molecule has 2 heterocycles. The predicted octanol–water partition coefficient (Wildman–Crippen LogP) is 4.66. The molecule has 0 amide bonds. The van der Waals surface area contributed by atoms with Crippen molar-refractivity contribution in [1.82, 2.24) is 19.5 Å². The van der Waals surface area contributed by atoms with Crippen LogP contribution in [0.1, 0.15) is 55.1 Å². The number of imidazole rings is 1. The molecule has 9 heteroatoms. The van der Waals surface area contributed by atoms with E-state index in [0.29, 0.717) is 5.56 Å². The average Bonchev–Trinajstić information content (AvgIpc) is 2.98. The van der Waals surface area contributed by atoms with Crippen LogP contribution in [-0.2, 0) is 12.7 Å². The topological polar surface area (TPSA) is 69.6 Å². The zero-order valence-electron chi connectivity index (χ0n) is 15.0. The summed E-state index contributed by atoms with van der Waals surface area (Å²) in [6.45, 7) is -0.0621. The zero-order valence-corrected chi connectivity index (χ0v) is 15.0. The maximum atomic E-state index is 14.1. The molecule has 0 unspecified atom stereocenters. The number of hydrogen-bond acceptors (Lipinski definition) is 4. The lowest BCUT2D eigenvalue weighted by Crippen LogP contribution is -2.17. The standard InChI is InChI=1S/C19H19F4N5/c20-13-9-5-4-8-12(13)10-28-16-15(26-18(28)24)14(11-6-2-1-3-7-11)25-17(27-16)19(21,22)23/h4-5,8-9,11H,1-3,6-7,10H2,(H2,24,26). The van der Waals surface area contributed by atoms with Crippen LogP contribution in [-0.4, -0.2) is 19.5 Å². The van der Waals surface area contributed by atoms with Gasteiger partial charge in [-0.1, -0.05) is 37.5 Å². The Labute approximate surface area is 158 Å². The van der Waals surface area contributed by atoms with Gasteiger partial charge in [-0.05, 0) is 18.9 Å². The van der Waals surface area contributed by atoms with Crippen LogP contribution in [0.5, 0.6) is 0 Å². The molecule has 2 N–H and O–H groups in total. The summed E-state index contributed by atoms with van der Waals surface area (Å²) in [5.41, 5.74) is 6.83. The number of fused-ring (bicyclic) bond motifs is 1. The van der Waals surface area contributed by atoms with Gasteiger partial charge in [0.05, 0.1) is 12.2 Å². The molecular weight excluding hydrogens is 374 g/mol. The fraction of sp³-hybridized carbons (Fsp3) is 0.421. The van der Waals surface area contributed by atoms with Crippen molar-refractivity contribution in [2.75, 3.05) is 5.73 Å². The van der Waals surface area contributed by atoms with Gasteiger partial charge in [0, 0.05) is 11.5 Å². The largest absolute Gasteiger partial charge is 0.451 e. The van der Waals surface area contributed by atoms with E-state index < -0.39 is 17.8 Å². The Balaban J connectivity index is 1.89. The Morgan fingerprint density at radius 2 is 1.75 bits per heavy atom. The second-order valence-corrected chi connectivity index (χ2v) is 7.08. The predicted molar refractivity (Wildman–Crippen MR) is 96.1 cm³/mol. The summed E-state index contributed by atoms with van der Waals surface area (Å²) in [7, 11) is 0. The van der Waals surface area contributed by atoms with Crippen LogP contribution in [0, 0.1) is 5.82 Å². The van der Waals surface area contributed by atoms with Crippen LogP contribution in [0.3, 0.4) is 0 Å². The first-order chi connectivity index (χ1) is 13.3. The highest BCUT2D eigenvalue weighted by atomic mass is 19.4. The van der Waals surface area contributed by atoms with E-state index in [4.69, 9.17) is 5.73 Å². The van der Waals surface area contributed by atoms with Gasteiger partial charge in [0.25, 0.3) is 0 Å². The lowest BCUT2D eigenvalue weighted by atomic mass is 9.86. The molecule has 2 aromatic heterocycles. The van der Waals surface area contributed by atoms with Crippen molar-refractivity contribution < 1.29 is 17.6 Å². The fourth-order valence-corrected chi connectivity index (χ4v) is 3.78. The third-order valence-corrected chi connectivity index (χ3v) is 5.18. The maximum Gasteiger partial charge on any atom is 0.451 e. The van der Waals surface area contributed by atoms with E-state index in [2.05, 4.69) is 15.0 Å². The molecule has 3 aromatic rings. The van der Waals surface area contributed by atoms with Gasteiger partial charge >= 0.3 is 6.18 Å². The van der Waals surface area contributed by atoms with Crippen molar-refractivity contribution in [2.24, 2.45) is 0 Å². The van der Waals surface area contributed by atoms with Crippen molar-refractivity contribution in [3.05, 3.63) is 47.2 Å². The van der Waals surface area contributed by atoms with Crippen LogP contribution in [0.4, 0.5) is 23.5 Å². The minimum atomic E-state index is -4.69. The summed E-state index contributed by atoms with van der Waals surface area (Å²) in [6.07, 6.45) is -0.265. The van der Waals surface area contributed by atoms with Crippen molar-refractivity contribution in [3.8, 4) is 0 Å². The molecular formula is C19H19F4N5.